The lowest BCUT2D eigenvalue weighted by Gasteiger charge is -2.15. The molecule has 1 N–H and O–H groups in total. The summed E-state index contributed by atoms with van der Waals surface area (Å²) in [5, 5.41) is 6.90. The highest BCUT2D eigenvalue weighted by Gasteiger charge is 2.17. The Morgan fingerprint density at radius 3 is 2.44 bits per heavy atom. The average molecular weight is 384 g/mol. The lowest BCUT2D eigenvalue weighted by molar-refractivity contribution is -0.121. The molecule has 0 bridgehead atoms. The summed E-state index contributed by atoms with van der Waals surface area (Å²) in [6, 6.07) is 15.5. The number of hydrogen-bond acceptors (Lipinski definition) is 5. The fourth-order valence-corrected chi connectivity index (χ4v) is 3.89. The zero-order chi connectivity index (χ0) is 19.3. The van der Waals surface area contributed by atoms with Crippen LogP contribution in [0.5, 0.6) is 0 Å². The van der Waals surface area contributed by atoms with E-state index >= 15 is 0 Å². The van der Waals surface area contributed by atoms with Gasteiger partial charge in [-0.3, -0.25) is 4.79 Å². The predicted molar refractivity (Wildman–Crippen MR) is 101 cm³/mol. The predicted octanol–water partition coefficient (Wildman–Crippen LogP) is 2.31. The second-order valence-electron chi connectivity index (χ2n) is 6.10. The molecule has 7 nitrogen and oxygen atoms in total. The molecule has 1 aromatic heterocycles. The third-order valence-electron chi connectivity index (χ3n) is 4.15. The van der Waals surface area contributed by atoms with Crippen LogP contribution < -0.4 is 5.32 Å². The van der Waals surface area contributed by atoms with E-state index in [1.165, 1.54) is 18.5 Å². The quantitative estimate of drug-likeness (QED) is 0.675. The highest BCUT2D eigenvalue weighted by Crippen LogP contribution is 2.16. The van der Waals surface area contributed by atoms with Crippen molar-refractivity contribution < 1.29 is 13.2 Å². The minimum absolute atomic E-state index is 0.0847. The first-order valence-corrected chi connectivity index (χ1v) is 10.1. The van der Waals surface area contributed by atoms with Crippen molar-refractivity contribution in [3.8, 4) is 5.69 Å². The number of nitrogens with one attached hydrogen (secondary N) is 1. The van der Waals surface area contributed by atoms with Crippen molar-refractivity contribution in [2.75, 3.05) is 5.75 Å². The zero-order valence-electron chi connectivity index (χ0n) is 14.8. The largest absolute Gasteiger partial charge is 0.350 e. The number of hydrogen-bond donors (Lipinski definition) is 1. The Labute approximate surface area is 158 Å². The Morgan fingerprint density at radius 2 is 1.81 bits per heavy atom. The summed E-state index contributed by atoms with van der Waals surface area (Å²) in [5.74, 6) is -0.525. The van der Waals surface area contributed by atoms with Gasteiger partial charge in [-0.05, 0) is 36.8 Å². The number of nitrogens with zero attached hydrogens (tertiary/aromatic N) is 3. The molecule has 27 heavy (non-hydrogen) atoms. The zero-order valence-corrected chi connectivity index (χ0v) is 15.6. The SMILES string of the molecule is C[C@H](NC(=O)CCS(=O)(=O)c1ccccc1)c1ccc(-n2cncn2)cc1. The van der Waals surface area contributed by atoms with Gasteiger partial charge in [-0.15, -0.1) is 0 Å². The van der Waals surface area contributed by atoms with Crippen LogP contribution in [0.4, 0.5) is 0 Å². The van der Waals surface area contributed by atoms with Crippen molar-refractivity contribution in [2.45, 2.75) is 24.3 Å². The second-order valence-corrected chi connectivity index (χ2v) is 8.21. The molecule has 0 aliphatic heterocycles. The minimum atomic E-state index is -3.46. The number of carbonyl (C=O) groups is 1. The Kier molecular flexibility index (Phi) is 5.66. The first kappa shape index (κ1) is 18.8. The third-order valence-corrected chi connectivity index (χ3v) is 5.89. The molecule has 0 radical (unpaired) electrons. The van der Waals surface area contributed by atoms with E-state index in [0.29, 0.717) is 0 Å². The van der Waals surface area contributed by atoms with Gasteiger partial charge in [-0.25, -0.2) is 18.1 Å². The van der Waals surface area contributed by atoms with E-state index in [0.717, 1.165) is 11.3 Å². The van der Waals surface area contributed by atoms with Crippen LogP contribution in [0, 0.1) is 0 Å². The normalized spacial score (nSPS) is 12.5. The van der Waals surface area contributed by atoms with Gasteiger partial charge in [-0.2, -0.15) is 5.10 Å². The number of amides is 1. The summed E-state index contributed by atoms with van der Waals surface area (Å²) in [7, 11) is -3.46. The number of sulfone groups is 1. The molecule has 0 saturated heterocycles. The summed E-state index contributed by atoms with van der Waals surface area (Å²) in [6.45, 7) is 1.86. The van der Waals surface area contributed by atoms with Gasteiger partial charge in [0.15, 0.2) is 9.84 Å². The first-order chi connectivity index (χ1) is 13.0. The van der Waals surface area contributed by atoms with E-state index in [1.807, 2.05) is 31.2 Å². The molecule has 0 aliphatic carbocycles. The summed E-state index contributed by atoms with van der Waals surface area (Å²) >= 11 is 0. The lowest BCUT2D eigenvalue weighted by Crippen LogP contribution is -2.28. The number of aromatic nitrogens is 3. The van der Waals surface area contributed by atoms with Gasteiger partial charge in [0.2, 0.25) is 5.91 Å². The topological polar surface area (TPSA) is 94.0 Å². The summed E-state index contributed by atoms with van der Waals surface area (Å²) in [4.78, 5) is 16.3. The first-order valence-electron chi connectivity index (χ1n) is 8.48. The summed E-state index contributed by atoms with van der Waals surface area (Å²) < 4.78 is 26.1. The van der Waals surface area contributed by atoms with E-state index in [4.69, 9.17) is 0 Å². The Hall–Kier alpha value is -3.00. The second kappa shape index (κ2) is 8.13. The van der Waals surface area contributed by atoms with Crippen LogP contribution in [0.25, 0.3) is 5.69 Å². The van der Waals surface area contributed by atoms with Crippen LogP contribution in [-0.4, -0.2) is 34.8 Å². The molecule has 8 heteroatoms. The van der Waals surface area contributed by atoms with Crippen LogP contribution >= 0.6 is 0 Å². The Balaban J connectivity index is 1.56. The number of rotatable bonds is 7. The van der Waals surface area contributed by atoms with Gasteiger partial charge in [0, 0.05) is 6.42 Å². The van der Waals surface area contributed by atoms with Crippen molar-refractivity contribution in [1.82, 2.24) is 20.1 Å². The van der Waals surface area contributed by atoms with Gasteiger partial charge in [0.25, 0.3) is 0 Å². The molecule has 1 amide bonds. The molecule has 0 saturated carbocycles. The smallest absolute Gasteiger partial charge is 0.221 e. The van der Waals surface area contributed by atoms with E-state index < -0.39 is 9.84 Å². The van der Waals surface area contributed by atoms with Crippen molar-refractivity contribution in [2.24, 2.45) is 0 Å². The van der Waals surface area contributed by atoms with Crippen LogP contribution in [0.2, 0.25) is 0 Å². The van der Waals surface area contributed by atoms with Crippen LogP contribution in [-0.2, 0) is 14.6 Å². The monoisotopic (exact) mass is 384 g/mol. The molecule has 0 fully saturated rings. The molecule has 0 spiro atoms. The van der Waals surface area contributed by atoms with Crippen molar-refractivity contribution in [3.63, 3.8) is 0 Å². The van der Waals surface area contributed by atoms with E-state index in [9.17, 15) is 13.2 Å². The molecule has 0 unspecified atom stereocenters. The van der Waals surface area contributed by atoms with Gasteiger partial charge >= 0.3 is 0 Å². The number of carbonyl (C=O) groups excluding carboxylic acids is 1. The van der Waals surface area contributed by atoms with E-state index in [2.05, 4.69) is 15.4 Å². The standard InChI is InChI=1S/C19H20N4O3S/c1-15(16-7-9-17(10-8-16)23-14-20-13-21-23)22-19(24)11-12-27(25,26)18-5-3-2-4-6-18/h2-10,13-15H,11-12H2,1H3,(H,22,24)/t15-/m0/s1. The summed E-state index contributed by atoms with van der Waals surface area (Å²) in [5.41, 5.74) is 1.78. The van der Waals surface area contributed by atoms with E-state index in [1.54, 1.807) is 29.2 Å². The van der Waals surface area contributed by atoms with Gasteiger partial charge in [0.05, 0.1) is 22.4 Å². The molecule has 0 aliphatic rings. The Morgan fingerprint density at radius 1 is 1.11 bits per heavy atom. The van der Waals surface area contributed by atoms with Gasteiger partial charge in [0.1, 0.15) is 12.7 Å². The highest BCUT2D eigenvalue weighted by molar-refractivity contribution is 7.91. The summed E-state index contributed by atoms with van der Waals surface area (Å²) in [6.07, 6.45) is 2.98. The van der Waals surface area contributed by atoms with Crippen molar-refractivity contribution in [1.29, 1.82) is 0 Å². The molecule has 2 aromatic carbocycles. The maximum atomic E-state index is 12.2. The van der Waals surface area contributed by atoms with Gasteiger partial charge in [-0.1, -0.05) is 30.3 Å². The van der Waals surface area contributed by atoms with Crippen LogP contribution in [0.1, 0.15) is 24.9 Å². The number of benzene rings is 2. The lowest BCUT2D eigenvalue weighted by atomic mass is 10.1. The maximum absolute atomic E-state index is 12.2. The van der Waals surface area contributed by atoms with Gasteiger partial charge < -0.3 is 5.32 Å². The molecule has 3 aromatic rings. The van der Waals surface area contributed by atoms with Crippen LogP contribution in [0.3, 0.4) is 0 Å². The van der Waals surface area contributed by atoms with Crippen molar-refractivity contribution in [3.05, 3.63) is 72.8 Å². The van der Waals surface area contributed by atoms with E-state index in [-0.39, 0.29) is 29.0 Å². The molecule has 3 rings (SSSR count). The Bertz CT molecular complexity index is 985. The molecular formula is C19H20N4O3S. The maximum Gasteiger partial charge on any atom is 0.221 e. The molecule has 140 valence electrons. The van der Waals surface area contributed by atoms with Crippen molar-refractivity contribution >= 4 is 15.7 Å². The van der Waals surface area contributed by atoms with Crippen LogP contribution in [0.15, 0.2) is 72.1 Å². The fourth-order valence-electron chi connectivity index (χ4n) is 2.63. The average Bonchev–Trinajstić information content (AvgIpc) is 3.22. The third kappa shape index (κ3) is 4.79. The minimum Gasteiger partial charge on any atom is -0.350 e. The molecule has 1 heterocycles. The highest BCUT2D eigenvalue weighted by atomic mass is 32.2. The fraction of sp³-hybridized carbons (Fsp3) is 0.211. The molecule has 1 atom stereocenters. The molecular weight excluding hydrogens is 364 g/mol.